The molecule has 5 nitrogen and oxygen atoms in total. The third-order valence-corrected chi connectivity index (χ3v) is 2.99. The number of anilines is 1. The normalized spacial score (nSPS) is 16.5. The first kappa shape index (κ1) is 11.1. The van der Waals surface area contributed by atoms with E-state index in [0.29, 0.717) is 5.95 Å². The molecule has 1 aliphatic heterocycles. The summed E-state index contributed by atoms with van der Waals surface area (Å²) in [7, 11) is 0. The smallest absolute Gasteiger partial charge is 0.255 e. The van der Waals surface area contributed by atoms with Crippen LogP contribution in [-0.4, -0.2) is 36.1 Å². The largest absolute Gasteiger partial charge is 0.340 e. The van der Waals surface area contributed by atoms with Crippen LogP contribution in [0.2, 0.25) is 0 Å². The van der Waals surface area contributed by atoms with Crippen molar-refractivity contribution < 1.29 is 0 Å². The summed E-state index contributed by atoms with van der Waals surface area (Å²) in [4.78, 5) is 21.2. The molecular weight excluding hydrogens is 204 g/mol. The maximum atomic E-state index is 11.7. The minimum Gasteiger partial charge on any atom is -0.340 e. The summed E-state index contributed by atoms with van der Waals surface area (Å²) < 4.78 is 0. The van der Waals surface area contributed by atoms with E-state index in [4.69, 9.17) is 0 Å². The molecule has 0 spiro atoms. The number of hydrogen-bond acceptors (Lipinski definition) is 4. The van der Waals surface area contributed by atoms with E-state index in [1.54, 1.807) is 0 Å². The number of aryl methyl sites for hydroxylation is 1. The van der Waals surface area contributed by atoms with Gasteiger partial charge in [-0.15, -0.1) is 0 Å². The lowest BCUT2D eigenvalue weighted by atomic mass is 10.2. The lowest BCUT2D eigenvalue weighted by molar-refractivity contribution is 0.578. The molecule has 88 valence electrons. The second-order valence-corrected chi connectivity index (χ2v) is 4.05. The van der Waals surface area contributed by atoms with Crippen LogP contribution in [0.5, 0.6) is 0 Å². The van der Waals surface area contributed by atoms with Crippen molar-refractivity contribution in [3.8, 4) is 0 Å². The number of aromatic nitrogens is 2. The molecule has 2 rings (SSSR count). The molecule has 0 aliphatic carbocycles. The molecule has 2 N–H and O–H groups in total. The zero-order valence-corrected chi connectivity index (χ0v) is 9.84. The van der Waals surface area contributed by atoms with Crippen LogP contribution >= 0.6 is 0 Å². The van der Waals surface area contributed by atoms with Gasteiger partial charge >= 0.3 is 0 Å². The van der Waals surface area contributed by atoms with Gasteiger partial charge in [-0.3, -0.25) is 9.78 Å². The molecule has 0 radical (unpaired) electrons. The fraction of sp³-hybridized carbons (Fsp3) is 0.636. The predicted octanol–water partition coefficient (Wildman–Crippen LogP) is 0.0503. The van der Waals surface area contributed by atoms with Gasteiger partial charge in [0.25, 0.3) is 5.56 Å². The monoisotopic (exact) mass is 222 g/mol. The summed E-state index contributed by atoms with van der Waals surface area (Å²) >= 11 is 0. The highest BCUT2D eigenvalue weighted by Gasteiger charge is 2.14. The Kier molecular flexibility index (Phi) is 3.24. The van der Waals surface area contributed by atoms with Crippen LogP contribution in [0.4, 0.5) is 5.95 Å². The fourth-order valence-corrected chi connectivity index (χ4v) is 1.94. The van der Waals surface area contributed by atoms with Gasteiger partial charge < -0.3 is 10.2 Å². The Hall–Kier alpha value is -1.36. The van der Waals surface area contributed by atoms with Crippen LogP contribution in [0.3, 0.4) is 0 Å². The highest BCUT2D eigenvalue weighted by Crippen LogP contribution is 2.09. The second kappa shape index (κ2) is 4.65. The zero-order chi connectivity index (χ0) is 11.5. The summed E-state index contributed by atoms with van der Waals surface area (Å²) in [6.45, 7) is 7.53. The molecule has 1 aromatic heterocycles. The number of aromatic amines is 1. The van der Waals surface area contributed by atoms with Gasteiger partial charge in [-0.2, -0.15) is 0 Å². The number of H-pyrrole nitrogens is 1. The van der Waals surface area contributed by atoms with E-state index >= 15 is 0 Å². The third kappa shape index (κ3) is 2.09. The van der Waals surface area contributed by atoms with E-state index < -0.39 is 0 Å². The molecule has 1 aliphatic rings. The molecule has 0 saturated carbocycles. The van der Waals surface area contributed by atoms with Crippen molar-refractivity contribution in [3.05, 3.63) is 21.6 Å². The molecule has 2 heterocycles. The van der Waals surface area contributed by atoms with Crippen LogP contribution in [0.15, 0.2) is 4.79 Å². The molecule has 1 aromatic rings. The first-order valence-electron chi connectivity index (χ1n) is 5.78. The number of nitrogens with zero attached hydrogens (tertiary/aromatic N) is 2. The molecule has 0 bridgehead atoms. The first-order chi connectivity index (χ1) is 7.72. The number of piperazine rings is 1. The first-order valence-corrected chi connectivity index (χ1v) is 5.78. The van der Waals surface area contributed by atoms with E-state index in [-0.39, 0.29) is 5.56 Å². The standard InChI is InChI=1S/C11H18N4O/c1-3-9-8(2)10(16)14-11(13-9)15-6-4-12-5-7-15/h12H,3-7H2,1-2H3,(H,13,14,16). The quantitative estimate of drug-likeness (QED) is 0.742. The Morgan fingerprint density at radius 1 is 1.38 bits per heavy atom. The lowest BCUT2D eigenvalue weighted by Gasteiger charge is -2.28. The SMILES string of the molecule is CCc1nc(N2CCNCC2)[nH]c(=O)c1C. The van der Waals surface area contributed by atoms with Gasteiger partial charge in [-0.25, -0.2) is 4.98 Å². The summed E-state index contributed by atoms with van der Waals surface area (Å²) in [5, 5.41) is 3.28. The van der Waals surface area contributed by atoms with Gasteiger partial charge in [-0.1, -0.05) is 6.92 Å². The van der Waals surface area contributed by atoms with Crippen LogP contribution < -0.4 is 15.8 Å². The molecule has 1 fully saturated rings. The highest BCUT2D eigenvalue weighted by atomic mass is 16.1. The maximum absolute atomic E-state index is 11.7. The number of nitrogens with one attached hydrogen (secondary N) is 2. The topological polar surface area (TPSA) is 61.0 Å². The van der Waals surface area contributed by atoms with Crippen molar-refractivity contribution >= 4 is 5.95 Å². The molecule has 0 amide bonds. The predicted molar refractivity (Wildman–Crippen MR) is 64.1 cm³/mol. The lowest BCUT2D eigenvalue weighted by Crippen LogP contribution is -2.45. The van der Waals surface area contributed by atoms with Crippen LogP contribution in [0.1, 0.15) is 18.2 Å². The van der Waals surface area contributed by atoms with Crippen molar-refractivity contribution in [2.24, 2.45) is 0 Å². The van der Waals surface area contributed by atoms with E-state index in [9.17, 15) is 4.79 Å². The van der Waals surface area contributed by atoms with Crippen LogP contribution in [0, 0.1) is 6.92 Å². The minimum absolute atomic E-state index is 0.0135. The summed E-state index contributed by atoms with van der Waals surface area (Å²) in [5.41, 5.74) is 1.62. The number of hydrogen-bond donors (Lipinski definition) is 2. The van der Waals surface area contributed by atoms with E-state index in [1.807, 2.05) is 13.8 Å². The van der Waals surface area contributed by atoms with Crippen molar-refractivity contribution in [2.45, 2.75) is 20.3 Å². The molecule has 0 unspecified atom stereocenters. The summed E-state index contributed by atoms with van der Waals surface area (Å²) in [6, 6.07) is 0. The molecule has 16 heavy (non-hydrogen) atoms. The second-order valence-electron chi connectivity index (χ2n) is 4.05. The highest BCUT2D eigenvalue weighted by molar-refractivity contribution is 5.33. The summed E-state index contributed by atoms with van der Waals surface area (Å²) in [6.07, 6.45) is 0.800. The average molecular weight is 222 g/mol. The summed E-state index contributed by atoms with van der Waals surface area (Å²) in [5.74, 6) is 0.717. The van der Waals surface area contributed by atoms with Crippen molar-refractivity contribution in [1.82, 2.24) is 15.3 Å². The fourth-order valence-electron chi connectivity index (χ4n) is 1.94. The Balaban J connectivity index is 2.33. The van der Waals surface area contributed by atoms with Gasteiger partial charge in [0.1, 0.15) is 0 Å². The minimum atomic E-state index is -0.0135. The van der Waals surface area contributed by atoms with Crippen molar-refractivity contribution in [2.75, 3.05) is 31.1 Å². The van der Waals surface area contributed by atoms with Gasteiger partial charge in [0.15, 0.2) is 0 Å². The zero-order valence-electron chi connectivity index (χ0n) is 9.84. The molecule has 1 saturated heterocycles. The Morgan fingerprint density at radius 3 is 2.69 bits per heavy atom. The molecule has 0 atom stereocenters. The molecule has 5 heteroatoms. The van der Waals surface area contributed by atoms with Crippen LogP contribution in [0.25, 0.3) is 0 Å². The van der Waals surface area contributed by atoms with Gasteiger partial charge in [0.2, 0.25) is 5.95 Å². The Labute approximate surface area is 94.9 Å². The Bertz CT molecular complexity index is 420. The molecular formula is C11H18N4O. The van der Waals surface area contributed by atoms with E-state index in [1.165, 1.54) is 0 Å². The molecule has 0 aromatic carbocycles. The van der Waals surface area contributed by atoms with E-state index in [0.717, 1.165) is 43.9 Å². The van der Waals surface area contributed by atoms with Gasteiger partial charge in [0.05, 0.1) is 5.69 Å². The van der Waals surface area contributed by atoms with Gasteiger partial charge in [0, 0.05) is 31.7 Å². The number of rotatable bonds is 2. The third-order valence-electron chi connectivity index (χ3n) is 2.99. The van der Waals surface area contributed by atoms with E-state index in [2.05, 4.69) is 20.2 Å². The average Bonchev–Trinajstić information content (AvgIpc) is 2.33. The van der Waals surface area contributed by atoms with Crippen molar-refractivity contribution in [3.63, 3.8) is 0 Å². The van der Waals surface area contributed by atoms with Crippen molar-refractivity contribution in [1.29, 1.82) is 0 Å². The van der Waals surface area contributed by atoms with Crippen LogP contribution in [-0.2, 0) is 6.42 Å². The maximum Gasteiger partial charge on any atom is 0.255 e. The Morgan fingerprint density at radius 2 is 2.06 bits per heavy atom. The van der Waals surface area contributed by atoms with Gasteiger partial charge in [-0.05, 0) is 13.3 Å².